The van der Waals surface area contributed by atoms with Gasteiger partial charge in [-0.05, 0) is 6.92 Å². The maximum atomic E-state index is 11.2. The van der Waals surface area contributed by atoms with Crippen LogP contribution in [-0.4, -0.2) is 24.3 Å². The summed E-state index contributed by atoms with van der Waals surface area (Å²) in [6.07, 6.45) is 2.27. The van der Waals surface area contributed by atoms with Crippen molar-refractivity contribution < 1.29 is 4.65 Å². The first-order valence-electron chi connectivity index (χ1n) is 3.34. The predicted octanol–water partition coefficient (Wildman–Crippen LogP) is 1.11. The fourth-order valence-corrected chi connectivity index (χ4v) is 1.23. The molecule has 1 heterocycles. The molecule has 0 amide bonds. The molecule has 0 aliphatic carbocycles. The van der Waals surface area contributed by atoms with E-state index >= 15 is 0 Å². The lowest BCUT2D eigenvalue weighted by molar-refractivity contribution is -0.866. The van der Waals surface area contributed by atoms with Crippen LogP contribution in [0, 0.1) is 5.21 Å². The van der Waals surface area contributed by atoms with Crippen LogP contribution in [-0.2, 0) is 0 Å². The van der Waals surface area contributed by atoms with Crippen molar-refractivity contribution in [3.05, 3.63) is 5.21 Å². The van der Waals surface area contributed by atoms with Gasteiger partial charge in [0.2, 0.25) is 0 Å². The summed E-state index contributed by atoms with van der Waals surface area (Å²) < 4.78 is 0.0694. The molecule has 0 aromatic rings. The van der Waals surface area contributed by atoms with E-state index in [9.17, 15) is 5.21 Å². The quantitative estimate of drug-likeness (QED) is 0.371. The Hall–Kier alpha value is -0.0800. The van der Waals surface area contributed by atoms with Gasteiger partial charge in [0.25, 0.3) is 0 Å². The summed E-state index contributed by atoms with van der Waals surface area (Å²) in [6, 6.07) is 0. The van der Waals surface area contributed by atoms with Crippen LogP contribution in [0.25, 0.3) is 0 Å². The van der Waals surface area contributed by atoms with E-state index in [0.29, 0.717) is 0 Å². The highest BCUT2D eigenvalue weighted by Gasteiger charge is 2.19. The molecule has 0 atom stereocenters. The maximum absolute atomic E-state index is 11.2. The van der Waals surface area contributed by atoms with E-state index in [0.717, 1.165) is 32.5 Å². The maximum Gasteiger partial charge on any atom is 0.0786 e. The third kappa shape index (κ3) is 1.01. The van der Waals surface area contributed by atoms with E-state index in [1.165, 1.54) is 0 Å². The zero-order valence-electron chi connectivity index (χ0n) is 5.39. The Morgan fingerprint density at radius 2 is 1.88 bits per heavy atom. The van der Waals surface area contributed by atoms with Gasteiger partial charge in [0, 0.05) is 12.8 Å². The summed E-state index contributed by atoms with van der Waals surface area (Å²) in [6.45, 7) is 4.45. The number of hydrogen-bond acceptors (Lipinski definition) is 1. The van der Waals surface area contributed by atoms with Crippen LogP contribution >= 0.6 is 0 Å². The SMILES string of the molecule is CC[N+]1([O-])CCCC1. The molecular formula is C6H13NO. The normalized spacial score (nSPS) is 26.2. The second kappa shape index (κ2) is 2.03. The Bertz CT molecular complexity index is 76.6. The predicted molar refractivity (Wildman–Crippen MR) is 33.1 cm³/mol. The van der Waals surface area contributed by atoms with Crippen LogP contribution in [0.5, 0.6) is 0 Å². The summed E-state index contributed by atoms with van der Waals surface area (Å²) in [4.78, 5) is 0. The van der Waals surface area contributed by atoms with Gasteiger partial charge in [-0.15, -0.1) is 0 Å². The fraction of sp³-hybridized carbons (Fsp3) is 1.00. The molecule has 1 aliphatic heterocycles. The van der Waals surface area contributed by atoms with Crippen molar-refractivity contribution in [1.82, 2.24) is 0 Å². The van der Waals surface area contributed by atoms with Crippen LogP contribution in [0.1, 0.15) is 19.8 Å². The molecular weight excluding hydrogens is 102 g/mol. The van der Waals surface area contributed by atoms with E-state index in [4.69, 9.17) is 0 Å². The fourth-order valence-electron chi connectivity index (χ4n) is 1.23. The van der Waals surface area contributed by atoms with Gasteiger partial charge in [-0.2, -0.15) is 0 Å². The molecule has 2 heteroatoms. The largest absolute Gasteiger partial charge is 0.633 e. The Morgan fingerprint density at radius 1 is 1.38 bits per heavy atom. The molecule has 1 aliphatic rings. The number of quaternary nitrogens is 1. The molecule has 0 unspecified atom stereocenters. The number of hydrogen-bond donors (Lipinski definition) is 0. The van der Waals surface area contributed by atoms with Gasteiger partial charge >= 0.3 is 0 Å². The van der Waals surface area contributed by atoms with Gasteiger partial charge in [-0.3, -0.25) is 0 Å². The summed E-state index contributed by atoms with van der Waals surface area (Å²) in [5.41, 5.74) is 0. The minimum absolute atomic E-state index is 0.0694. The van der Waals surface area contributed by atoms with Crippen LogP contribution in [0.15, 0.2) is 0 Å². The minimum atomic E-state index is 0.0694. The third-order valence-electron chi connectivity index (χ3n) is 1.96. The summed E-state index contributed by atoms with van der Waals surface area (Å²) in [5, 5.41) is 11.2. The zero-order valence-corrected chi connectivity index (χ0v) is 5.39. The van der Waals surface area contributed by atoms with E-state index < -0.39 is 0 Å². The average Bonchev–Trinajstić information content (AvgIpc) is 2.17. The Labute approximate surface area is 50.3 Å². The van der Waals surface area contributed by atoms with Crippen molar-refractivity contribution in [3.63, 3.8) is 0 Å². The highest BCUT2D eigenvalue weighted by Crippen LogP contribution is 2.15. The van der Waals surface area contributed by atoms with Crippen LogP contribution in [0.4, 0.5) is 0 Å². The van der Waals surface area contributed by atoms with Crippen LogP contribution < -0.4 is 0 Å². The van der Waals surface area contributed by atoms with E-state index in [1.807, 2.05) is 6.92 Å². The number of likely N-dealkylation sites (tertiary alicyclic amines) is 1. The van der Waals surface area contributed by atoms with Crippen molar-refractivity contribution in [1.29, 1.82) is 0 Å². The highest BCUT2D eigenvalue weighted by molar-refractivity contribution is 4.52. The van der Waals surface area contributed by atoms with Gasteiger partial charge < -0.3 is 9.85 Å². The highest BCUT2D eigenvalue weighted by atomic mass is 16.5. The summed E-state index contributed by atoms with van der Waals surface area (Å²) in [5.74, 6) is 0. The molecule has 1 rings (SSSR count). The molecule has 0 saturated carbocycles. The molecule has 0 N–H and O–H groups in total. The molecule has 0 bridgehead atoms. The monoisotopic (exact) mass is 115 g/mol. The third-order valence-corrected chi connectivity index (χ3v) is 1.96. The molecule has 1 saturated heterocycles. The first kappa shape index (κ1) is 6.05. The topological polar surface area (TPSA) is 23.1 Å². The Balaban J connectivity index is 2.40. The second-order valence-corrected chi connectivity index (χ2v) is 2.53. The van der Waals surface area contributed by atoms with Crippen molar-refractivity contribution in [2.45, 2.75) is 19.8 Å². The molecule has 0 aromatic heterocycles. The van der Waals surface area contributed by atoms with E-state index in [2.05, 4.69) is 0 Å². The Morgan fingerprint density at radius 3 is 2.12 bits per heavy atom. The van der Waals surface area contributed by atoms with Crippen molar-refractivity contribution in [2.24, 2.45) is 0 Å². The molecule has 8 heavy (non-hydrogen) atoms. The minimum Gasteiger partial charge on any atom is -0.633 e. The average molecular weight is 115 g/mol. The standard InChI is InChI=1S/C6H13NO/c1-2-7(8)5-3-4-6-7/h2-6H2,1H3. The van der Waals surface area contributed by atoms with Gasteiger partial charge in [0.15, 0.2) is 0 Å². The number of nitrogens with zero attached hydrogens (tertiary/aromatic N) is 1. The zero-order chi connectivity index (χ0) is 6.04. The van der Waals surface area contributed by atoms with Crippen LogP contribution in [0.2, 0.25) is 0 Å². The molecule has 0 radical (unpaired) electrons. The van der Waals surface area contributed by atoms with Crippen molar-refractivity contribution >= 4 is 0 Å². The molecule has 48 valence electrons. The second-order valence-electron chi connectivity index (χ2n) is 2.53. The smallest absolute Gasteiger partial charge is 0.0786 e. The lowest BCUT2D eigenvalue weighted by Crippen LogP contribution is -2.38. The van der Waals surface area contributed by atoms with Crippen molar-refractivity contribution in [2.75, 3.05) is 19.6 Å². The van der Waals surface area contributed by atoms with Crippen molar-refractivity contribution in [3.8, 4) is 0 Å². The van der Waals surface area contributed by atoms with Gasteiger partial charge in [0.1, 0.15) is 0 Å². The summed E-state index contributed by atoms with van der Waals surface area (Å²) >= 11 is 0. The number of rotatable bonds is 1. The van der Waals surface area contributed by atoms with Gasteiger partial charge in [0.05, 0.1) is 19.6 Å². The first-order valence-corrected chi connectivity index (χ1v) is 3.34. The lowest BCUT2D eigenvalue weighted by Gasteiger charge is -2.36. The number of hydroxylamine groups is 3. The first-order chi connectivity index (χ1) is 3.77. The van der Waals surface area contributed by atoms with E-state index in [-0.39, 0.29) is 4.65 Å². The molecule has 0 aromatic carbocycles. The summed E-state index contributed by atoms with van der Waals surface area (Å²) in [7, 11) is 0. The van der Waals surface area contributed by atoms with Gasteiger partial charge in [-0.1, -0.05) is 0 Å². The molecule has 1 fully saturated rings. The van der Waals surface area contributed by atoms with E-state index in [1.54, 1.807) is 0 Å². The lowest BCUT2D eigenvalue weighted by atomic mass is 10.4. The van der Waals surface area contributed by atoms with Crippen LogP contribution in [0.3, 0.4) is 0 Å². The molecule has 0 spiro atoms. The molecule has 2 nitrogen and oxygen atoms in total. The van der Waals surface area contributed by atoms with Gasteiger partial charge in [-0.25, -0.2) is 0 Å². The Kier molecular flexibility index (Phi) is 1.54.